The maximum atomic E-state index is 13.2. The van der Waals surface area contributed by atoms with Crippen molar-refractivity contribution in [3.8, 4) is 0 Å². The first-order valence-electron chi connectivity index (χ1n) is 11.9. The molecule has 200 valence electrons. The Balaban J connectivity index is 1.92. The molecule has 0 saturated carbocycles. The van der Waals surface area contributed by atoms with Gasteiger partial charge in [-0.05, 0) is 53.9 Å². The number of nitrogens with one attached hydrogen (secondary N) is 2. The average molecular weight is 524 g/mol. The molecule has 11 heteroatoms. The number of nitrogens with zero attached hydrogens (tertiary/aromatic N) is 1. The van der Waals surface area contributed by atoms with E-state index in [1.165, 1.54) is 12.1 Å². The van der Waals surface area contributed by atoms with Crippen LogP contribution in [0.5, 0.6) is 0 Å². The highest BCUT2D eigenvalue weighted by Crippen LogP contribution is 2.20. The molecular weight excluding hydrogens is 493 g/mol. The Bertz CT molecular complexity index is 1330. The molecule has 10 nitrogen and oxygen atoms in total. The summed E-state index contributed by atoms with van der Waals surface area (Å²) in [5.41, 5.74) is 8.33. The van der Waals surface area contributed by atoms with Crippen molar-refractivity contribution in [3.05, 3.63) is 95.1 Å². The maximum absolute atomic E-state index is 13.2. The van der Waals surface area contributed by atoms with Crippen LogP contribution in [-0.4, -0.2) is 47.2 Å². The van der Waals surface area contributed by atoms with Crippen LogP contribution in [-0.2, 0) is 20.7 Å². The molecule has 0 heterocycles. The Morgan fingerprint density at radius 2 is 1.74 bits per heavy atom. The SMILES string of the molecule is CCOC(=O)/C(N)=C(\CNC(=O)c1ccc(F)cc1)N(N)C(CC(=O)NO)Cc1ccc2ccccc2c1. The zero-order valence-corrected chi connectivity index (χ0v) is 20.8. The van der Waals surface area contributed by atoms with Crippen LogP contribution in [0.1, 0.15) is 29.3 Å². The summed E-state index contributed by atoms with van der Waals surface area (Å²) in [6.07, 6.45) is -0.0222. The van der Waals surface area contributed by atoms with Crippen LogP contribution >= 0.6 is 0 Å². The summed E-state index contributed by atoms with van der Waals surface area (Å²) in [5, 5.41) is 14.9. The van der Waals surface area contributed by atoms with E-state index >= 15 is 0 Å². The van der Waals surface area contributed by atoms with E-state index in [-0.39, 0.29) is 43.0 Å². The second-order valence-electron chi connectivity index (χ2n) is 8.46. The fourth-order valence-corrected chi connectivity index (χ4v) is 3.91. The van der Waals surface area contributed by atoms with E-state index in [0.717, 1.165) is 33.5 Å². The van der Waals surface area contributed by atoms with Gasteiger partial charge in [0.2, 0.25) is 5.91 Å². The molecule has 0 radical (unpaired) electrons. The molecule has 1 atom stereocenters. The van der Waals surface area contributed by atoms with Crippen molar-refractivity contribution >= 4 is 28.6 Å². The van der Waals surface area contributed by atoms with E-state index in [1.54, 1.807) is 12.4 Å². The van der Waals surface area contributed by atoms with Gasteiger partial charge in [0, 0.05) is 5.56 Å². The molecule has 7 N–H and O–H groups in total. The van der Waals surface area contributed by atoms with E-state index in [9.17, 15) is 18.8 Å². The molecule has 0 bridgehead atoms. The smallest absolute Gasteiger partial charge is 0.356 e. The van der Waals surface area contributed by atoms with E-state index < -0.39 is 29.6 Å². The summed E-state index contributed by atoms with van der Waals surface area (Å²) in [5.74, 6) is 3.80. The fourth-order valence-electron chi connectivity index (χ4n) is 3.91. The van der Waals surface area contributed by atoms with Crippen molar-refractivity contribution in [2.45, 2.75) is 25.8 Å². The average Bonchev–Trinajstić information content (AvgIpc) is 2.92. The monoisotopic (exact) mass is 523 g/mol. The molecule has 3 rings (SSSR count). The third-order valence-corrected chi connectivity index (χ3v) is 5.87. The Kier molecular flexibility index (Phi) is 9.74. The number of hydrogen-bond acceptors (Lipinski definition) is 8. The molecule has 0 aliphatic heterocycles. The van der Waals surface area contributed by atoms with Gasteiger partial charge in [0.1, 0.15) is 11.5 Å². The third kappa shape index (κ3) is 7.28. The first-order valence-corrected chi connectivity index (χ1v) is 11.9. The molecule has 0 aliphatic rings. The Morgan fingerprint density at radius 3 is 2.39 bits per heavy atom. The normalized spacial score (nSPS) is 12.3. The number of benzene rings is 3. The number of ether oxygens (including phenoxy) is 1. The lowest BCUT2D eigenvalue weighted by atomic mass is 9.99. The molecule has 0 saturated heterocycles. The van der Waals surface area contributed by atoms with Crippen molar-refractivity contribution in [2.75, 3.05) is 13.2 Å². The van der Waals surface area contributed by atoms with Gasteiger partial charge >= 0.3 is 5.97 Å². The maximum Gasteiger partial charge on any atom is 0.356 e. The van der Waals surface area contributed by atoms with Gasteiger partial charge in [0.25, 0.3) is 5.91 Å². The zero-order valence-electron chi connectivity index (χ0n) is 20.8. The number of nitrogens with two attached hydrogens (primary N) is 2. The number of hydroxylamine groups is 1. The van der Waals surface area contributed by atoms with Crippen LogP contribution in [0.25, 0.3) is 10.8 Å². The van der Waals surface area contributed by atoms with Crippen LogP contribution in [0, 0.1) is 5.82 Å². The highest BCUT2D eigenvalue weighted by molar-refractivity contribution is 5.94. The number of rotatable bonds is 11. The molecule has 0 spiro atoms. The lowest BCUT2D eigenvalue weighted by molar-refractivity contribution is -0.138. The minimum atomic E-state index is -0.856. The van der Waals surface area contributed by atoms with Gasteiger partial charge < -0.3 is 20.8 Å². The van der Waals surface area contributed by atoms with E-state index in [1.807, 2.05) is 42.5 Å². The van der Waals surface area contributed by atoms with E-state index in [2.05, 4.69) is 5.32 Å². The zero-order chi connectivity index (χ0) is 27.7. The van der Waals surface area contributed by atoms with Gasteiger partial charge in [-0.1, -0.05) is 42.5 Å². The molecule has 2 amide bonds. The largest absolute Gasteiger partial charge is 0.461 e. The number of carbonyl (C=O) groups is 3. The standard InChI is InChI=1S/C27H30FN5O5/c1-2-38-27(36)25(29)23(16-31-26(35)19-9-11-21(28)12-10-19)33(30)22(15-24(34)32-37)14-17-7-8-18-5-3-4-6-20(18)13-17/h3-13,22,37H,2,14-16,29-30H2,1H3,(H,31,35)(H,32,34)/b25-23-. The highest BCUT2D eigenvalue weighted by atomic mass is 19.1. The third-order valence-electron chi connectivity index (χ3n) is 5.87. The quantitative estimate of drug-likeness (QED) is 0.0840. The lowest BCUT2D eigenvalue weighted by Gasteiger charge is -2.32. The number of hydrogen-bond donors (Lipinski definition) is 5. The van der Waals surface area contributed by atoms with Crippen molar-refractivity contribution in [1.29, 1.82) is 0 Å². The number of hydrazine groups is 1. The number of amides is 2. The minimum absolute atomic E-state index is 0.00422. The predicted octanol–water partition coefficient (Wildman–Crippen LogP) is 2.12. The van der Waals surface area contributed by atoms with Crippen LogP contribution in [0.2, 0.25) is 0 Å². The molecular formula is C27H30FN5O5. The molecule has 3 aromatic rings. The summed E-state index contributed by atoms with van der Waals surface area (Å²) in [4.78, 5) is 37.3. The predicted molar refractivity (Wildman–Crippen MR) is 139 cm³/mol. The van der Waals surface area contributed by atoms with E-state index in [0.29, 0.717) is 0 Å². The van der Waals surface area contributed by atoms with Crippen molar-refractivity contribution < 1.29 is 28.7 Å². The van der Waals surface area contributed by atoms with Gasteiger partial charge in [-0.2, -0.15) is 0 Å². The van der Waals surface area contributed by atoms with Crippen molar-refractivity contribution in [2.24, 2.45) is 11.6 Å². The molecule has 0 aromatic heterocycles. The van der Waals surface area contributed by atoms with Crippen LogP contribution in [0.3, 0.4) is 0 Å². The summed E-state index contributed by atoms with van der Waals surface area (Å²) >= 11 is 0. The molecule has 0 fully saturated rings. The van der Waals surface area contributed by atoms with Gasteiger partial charge in [-0.3, -0.25) is 14.8 Å². The topological polar surface area (TPSA) is 160 Å². The molecule has 38 heavy (non-hydrogen) atoms. The number of fused-ring (bicyclic) bond motifs is 1. The number of esters is 1. The van der Waals surface area contributed by atoms with Gasteiger partial charge in [-0.25, -0.2) is 20.5 Å². The molecule has 1 unspecified atom stereocenters. The Hall–Kier alpha value is -4.48. The first-order chi connectivity index (χ1) is 18.2. The van der Waals surface area contributed by atoms with Crippen LogP contribution in [0.4, 0.5) is 4.39 Å². The fraction of sp³-hybridized carbons (Fsp3) is 0.222. The summed E-state index contributed by atoms with van der Waals surface area (Å²) in [7, 11) is 0. The minimum Gasteiger partial charge on any atom is -0.461 e. The summed E-state index contributed by atoms with van der Waals surface area (Å²) in [6.45, 7) is 1.36. The van der Waals surface area contributed by atoms with Gasteiger partial charge in [-0.15, -0.1) is 0 Å². The Morgan fingerprint density at radius 1 is 1.05 bits per heavy atom. The number of halogens is 1. The second kappa shape index (κ2) is 13.2. The summed E-state index contributed by atoms with van der Waals surface area (Å²) < 4.78 is 18.3. The van der Waals surface area contributed by atoms with Crippen molar-refractivity contribution in [1.82, 2.24) is 15.8 Å². The van der Waals surface area contributed by atoms with Gasteiger partial charge in [0.05, 0.1) is 31.3 Å². The number of carbonyl (C=O) groups excluding carboxylic acids is 3. The second-order valence-corrected chi connectivity index (χ2v) is 8.46. The highest BCUT2D eigenvalue weighted by Gasteiger charge is 2.26. The van der Waals surface area contributed by atoms with Crippen LogP contribution in [0.15, 0.2) is 78.1 Å². The molecule has 3 aromatic carbocycles. The van der Waals surface area contributed by atoms with E-state index in [4.69, 9.17) is 21.5 Å². The van der Waals surface area contributed by atoms with Gasteiger partial charge in [0.15, 0.2) is 0 Å². The van der Waals surface area contributed by atoms with Crippen LogP contribution < -0.4 is 22.4 Å². The Labute approximate surface area is 219 Å². The summed E-state index contributed by atoms with van der Waals surface area (Å²) in [6, 6.07) is 17.6. The lowest BCUT2D eigenvalue weighted by Crippen LogP contribution is -2.48. The van der Waals surface area contributed by atoms with Crippen molar-refractivity contribution in [3.63, 3.8) is 0 Å². The molecule has 0 aliphatic carbocycles. The first kappa shape index (κ1) is 28.1.